The van der Waals surface area contributed by atoms with Crippen LogP contribution in [0.5, 0.6) is 0 Å². The summed E-state index contributed by atoms with van der Waals surface area (Å²) in [5.74, 6) is 0. The molecule has 16 heavy (non-hydrogen) atoms. The number of benzene rings is 1. The first-order valence-corrected chi connectivity index (χ1v) is 5.97. The van der Waals surface area contributed by atoms with Crippen molar-refractivity contribution in [3.8, 4) is 0 Å². The second-order valence-electron chi connectivity index (χ2n) is 4.64. The lowest BCUT2D eigenvalue weighted by molar-refractivity contribution is 0.275. The first-order chi connectivity index (χ1) is 7.84. The zero-order valence-corrected chi connectivity index (χ0v) is 9.35. The molecule has 1 aromatic rings. The molecule has 3 nitrogen and oxygen atoms in total. The van der Waals surface area contributed by atoms with Crippen molar-refractivity contribution in [1.29, 1.82) is 0 Å². The molecule has 0 radical (unpaired) electrons. The summed E-state index contributed by atoms with van der Waals surface area (Å²) in [6, 6.07) is 6.21. The second kappa shape index (κ2) is 4.20. The Morgan fingerprint density at radius 3 is 2.94 bits per heavy atom. The molecule has 2 aliphatic heterocycles. The molecule has 0 amide bonds. The maximum atomic E-state index is 9.80. The smallest absolute Gasteiger partial charge is 0.423 e. The molecular weight excluding hydrogens is 201 g/mol. The van der Waals surface area contributed by atoms with Crippen LogP contribution in [-0.2, 0) is 17.8 Å². The third-order valence-corrected chi connectivity index (χ3v) is 3.52. The monoisotopic (exact) mass is 217 g/mol. The van der Waals surface area contributed by atoms with Gasteiger partial charge in [0, 0.05) is 6.54 Å². The largest absolute Gasteiger partial charge is 0.492 e. The van der Waals surface area contributed by atoms with Crippen molar-refractivity contribution < 1.29 is 9.68 Å². The van der Waals surface area contributed by atoms with Gasteiger partial charge in [-0.2, -0.15) is 0 Å². The van der Waals surface area contributed by atoms with Crippen LogP contribution >= 0.6 is 0 Å². The molecule has 4 heteroatoms. The molecule has 0 aromatic heterocycles. The van der Waals surface area contributed by atoms with Crippen LogP contribution in [0, 0.1) is 0 Å². The third kappa shape index (κ3) is 1.77. The molecule has 0 bridgehead atoms. The summed E-state index contributed by atoms with van der Waals surface area (Å²) in [7, 11) is -0.714. The van der Waals surface area contributed by atoms with Gasteiger partial charge in [-0.15, -0.1) is 0 Å². The van der Waals surface area contributed by atoms with Gasteiger partial charge in [-0.3, -0.25) is 4.90 Å². The van der Waals surface area contributed by atoms with E-state index in [-0.39, 0.29) is 0 Å². The molecule has 0 spiro atoms. The van der Waals surface area contributed by atoms with Gasteiger partial charge in [0.15, 0.2) is 0 Å². The maximum absolute atomic E-state index is 9.80. The van der Waals surface area contributed by atoms with E-state index in [0.29, 0.717) is 6.61 Å². The summed E-state index contributed by atoms with van der Waals surface area (Å²) in [5, 5.41) is 9.80. The van der Waals surface area contributed by atoms with E-state index in [0.717, 1.165) is 17.6 Å². The topological polar surface area (TPSA) is 32.7 Å². The molecule has 0 atom stereocenters. The summed E-state index contributed by atoms with van der Waals surface area (Å²) in [5.41, 5.74) is 3.38. The molecule has 3 rings (SSSR count). The molecule has 1 fully saturated rings. The molecule has 0 saturated carbocycles. The van der Waals surface area contributed by atoms with Crippen LogP contribution in [0.1, 0.15) is 24.0 Å². The van der Waals surface area contributed by atoms with Gasteiger partial charge in [0.25, 0.3) is 0 Å². The molecule has 1 saturated heterocycles. The molecule has 1 aromatic carbocycles. The Morgan fingerprint density at radius 1 is 1.31 bits per heavy atom. The van der Waals surface area contributed by atoms with E-state index in [9.17, 15) is 5.02 Å². The minimum Gasteiger partial charge on any atom is -0.423 e. The van der Waals surface area contributed by atoms with E-state index < -0.39 is 7.12 Å². The molecule has 0 aliphatic carbocycles. The van der Waals surface area contributed by atoms with Crippen LogP contribution in [-0.4, -0.2) is 30.1 Å². The highest BCUT2D eigenvalue weighted by Crippen LogP contribution is 2.16. The number of nitrogens with zero attached hydrogens (tertiary/aromatic N) is 1. The number of rotatable bonds is 2. The van der Waals surface area contributed by atoms with E-state index in [1.165, 1.54) is 31.5 Å². The van der Waals surface area contributed by atoms with Gasteiger partial charge in [-0.1, -0.05) is 18.2 Å². The van der Waals surface area contributed by atoms with Crippen LogP contribution < -0.4 is 5.46 Å². The highest BCUT2D eigenvalue weighted by Gasteiger charge is 2.30. The van der Waals surface area contributed by atoms with Crippen molar-refractivity contribution in [2.24, 2.45) is 0 Å². The minimum absolute atomic E-state index is 0.546. The van der Waals surface area contributed by atoms with E-state index >= 15 is 0 Å². The molecule has 2 heterocycles. The van der Waals surface area contributed by atoms with E-state index in [1.54, 1.807) is 0 Å². The first-order valence-electron chi connectivity index (χ1n) is 5.97. The Kier molecular flexibility index (Phi) is 2.71. The number of hydrogen-bond acceptors (Lipinski definition) is 3. The lowest BCUT2D eigenvalue weighted by atomic mass is 9.76. The predicted octanol–water partition coefficient (Wildman–Crippen LogP) is 0.500. The van der Waals surface area contributed by atoms with Crippen LogP contribution in [0.15, 0.2) is 18.2 Å². The summed E-state index contributed by atoms with van der Waals surface area (Å²) in [4.78, 5) is 2.45. The second-order valence-corrected chi connectivity index (χ2v) is 4.64. The number of likely N-dealkylation sites (tertiary alicyclic amines) is 1. The van der Waals surface area contributed by atoms with Crippen molar-refractivity contribution in [3.05, 3.63) is 29.3 Å². The first kappa shape index (κ1) is 10.3. The van der Waals surface area contributed by atoms with E-state index in [4.69, 9.17) is 4.65 Å². The van der Waals surface area contributed by atoms with Gasteiger partial charge in [0.2, 0.25) is 0 Å². The van der Waals surface area contributed by atoms with Crippen LogP contribution in [0.2, 0.25) is 0 Å². The molecular formula is C12H16BNO2. The summed E-state index contributed by atoms with van der Waals surface area (Å²) < 4.78 is 5.27. The maximum Gasteiger partial charge on any atom is 0.492 e. The number of hydrogen-bond donors (Lipinski definition) is 1. The van der Waals surface area contributed by atoms with Crippen LogP contribution in [0.4, 0.5) is 0 Å². The Bertz CT molecular complexity index is 391. The Labute approximate surface area is 96.2 Å². The molecule has 2 aliphatic rings. The van der Waals surface area contributed by atoms with Crippen molar-refractivity contribution in [2.75, 3.05) is 13.1 Å². The van der Waals surface area contributed by atoms with Gasteiger partial charge in [-0.05, 0) is 42.5 Å². The Morgan fingerprint density at radius 2 is 2.12 bits per heavy atom. The van der Waals surface area contributed by atoms with Crippen molar-refractivity contribution in [3.63, 3.8) is 0 Å². The SMILES string of the molecule is OB1OCc2cccc(CN3CCCC3)c21. The van der Waals surface area contributed by atoms with Crippen LogP contribution in [0.3, 0.4) is 0 Å². The lowest BCUT2D eigenvalue weighted by Gasteiger charge is -2.17. The van der Waals surface area contributed by atoms with Gasteiger partial charge in [0.1, 0.15) is 0 Å². The average molecular weight is 217 g/mol. The zero-order valence-electron chi connectivity index (χ0n) is 9.35. The Hall–Kier alpha value is -0.835. The summed E-state index contributed by atoms with van der Waals surface area (Å²) in [6.45, 7) is 3.86. The predicted molar refractivity (Wildman–Crippen MR) is 63.3 cm³/mol. The van der Waals surface area contributed by atoms with E-state index in [2.05, 4.69) is 17.0 Å². The van der Waals surface area contributed by atoms with Crippen molar-refractivity contribution in [2.45, 2.75) is 26.0 Å². The summed E-state index contributed by atoms with van der Waals surface area (Å²) >= 11 is 0. The Balaban J connectivity index is 1.86. The fourth-order valence-electron chi connectivity index (χ4n) is 2.68. The quantitative estimate of drug-likeness (QED) is 0.732. The molecule has 0 unspecified atom stereocenters. The zero-order chi connectivity index (χ0) is 11.0. The molecule has 1 N–H and O–H groups in total. The summed E-state index contributed by atoms with van der Waals surface area (Å²) in [6.07, 6.45) is 2.60. The van der Waals surface area contributed by atoms with Crippen molar-refractivity contribution in [1.82, 2.24) is 4.90 Å². The third-order valence-electron chi connectivity index (χ3n) is 3.52. The minimum atomic E-state index is -0.714. The standard InChI is InChI=1S/C12H16BNO2/c15-13-12-10(8-14-6-1-2-7-14)4-3-5-11(12)9-16-13/h3-5,15H,1-2,6-9H2. The normalized spacial score (nSPS) is 20.4. The van der Waals surface area contributed by atoms with Gasteiger partial charge in [0.05, 0.1) is 6.61 Å². The van der Waals surface area contributed by atoms with Crippen LogP contribution in [0.25, 0.3) is 0 Å². The highest BCUT2D eigenvalue weighted by atomic mass is 16.5. The fraction of sp³-hybridized carbons (Fsp3) is 0.500. The lowest BCUT2D eigenvalue weighted by Crippen LogP contribution is -2.34. The van der Waals surface area contributed by atoms with Gasteiger partial charge in [-0.25, -0.2) is 0 Å². The van der Waals surface area contributed by atoms with Crippen molar-refractivity contribution >= 4 is 12.6 Å². The highest BCUT2D eigenvalue weighted by molar-refractivity contribution is 6.62. The van der Waals surface area contributed by atoms with Gasteiger partial charge < -0.3 is 9.68 Å². The average Bonchev–Trinajstić information content (AvgIpc) is 2.90. The molecule has 84 valence electrons. The number of fused-ring (bicyclic) bond motifs is 1. The van der Waals surface area contributed by atoms with E-state index in [1.807, 2.05) is 6.07 Å². The van der Waals surface area contributed by atoms with Gasteiger partial charge >= 0.3 is 7.12 Å². The fourth-order valence-corrected chi connectivity index (χ4v) is 2.68.